The van der Waals surface area contributed by atoms with Crippen molar-refractivity contribution in [2.24, 2.45) is 0 Å². The zero-order valence-electron chi connectivity index (χ0n) is 25.4. The van der Waals surface area contributed by atoms with Crippen LogP contribution in [0.4, 0.5) is 13.2 Å². The minimum absolute atomic E-state index is 0.0379. The zero-order valence-corrected chi connectivity index (χ0v) is 25.4. The van der Waals surface area contributed by atoms with Gasteiger partial charge in [0.25, 0.3) is 5.91 Å². The maximum absolute atomic E-state index is 14.4. The molecular formula is C33H37F3N6O2. The Morgan fingerprint density at radius 3 is 2.48 bits per heavy atom. The number of nitrogens with zero attached hydrogens (tertiary/aromatic N) is 6. The fourth-order valence-corrected chi connectivity index (χ4v) is 6.01. The highest BCUT2D eigenvalue weighted by Crippen LogP contribution is 2.37. The molecule has 1 aliphatic rings. The van der Waals surface area contributed by atoms with E-state index in [1.54, 1.807) is 29.2 Å². The summed E-state index contributed by atoms with van der Waals surface area (Å²) < 4.78 is 49.1. The van der Waals surface area contributed by atoms with Gasteiger partial charge >= 0.3 is 6.18 Å². The second kappa shape index (κ2) is 12.8. The van der Waals surface area contributed by atoms with Gasteiger partial charge in [-0.25, -0.2) is 9.50 Å². The molecule has 3 heterocycles. The molecule has 1 amide bonds. The van der Waals surface area contributed by atoms with Crippen LogP contribution in [0.5, 0.6) is 5.75 Å². The van der Waals surface area contributed by atoms with Gasteiger partial charge in [0.2, 0.25) is 0 Å². The van der Waals surface area contributed by atoms with Gasteiger partial charge in [0.05, 0.1) is 19.0 Å². The van der Waals surface area contributed by atoms with Crippen molar-refractivity contribution in [2.45, 2.75) is 32.1 Å². The summed E-state index contributed by atoms with van der Waals surface area (Å²) in [6, 6.07) is 16.8. The van der Waals surface area contributed by atoms with Crippen LogP contribution in [0.1, 0.15) is 40.1 Å². The normalized spacial score (nSPS) is 16.8. The van der Waals surface area contributed by atoms with E-state index in [-0.39, 0.29) is 34.6 Å². The zero-order chi connectivity index (χ0) is 31.6. The first-order valence-electron chi connectivity index (χ1n) is 14.5. The van der Waals surface area contributed by atoms with Crippen molar-refractivity contribution in [2.75, 3.05) is 46.9 Å². The van der Waals surface area contributed by atoms with Gasteiger partial charge < -0.3 is 14.5 Å². The number of piperazine rings is 1. The van der Waals surface area contributed by atoms with E-state index in [0.29, 0.717) is 30.9 Å². The molecule has 0 aliphatic carbocycles. The standard InChI is InChI=1S/C33H37F3N6O2/c1-6-16-39(4)21-28(24-10-8-7-9-11-24)40-17-18-41(22(2)20-40)32(43)27-19-37-42-30(33(34,35)36)23(3)29(38-31(27)42)25-12-14-26(44-5)15-13-25/h6-15,19,22,28H,1,16-18,20-21H2,2-5H3/t22-,28-/m1/s1. The number of aromatic nitrogens is 3. The Hall–Kier alpha value is -4.22. The highest BCUT2D eigenvalue weighted by atomic mass is 19.4. The van der Waals surface area contributed by atoms with Gasteiger partial charge in [-0.3, -0.25) is 9.69 Å². The lowest BCUT2D eigenvalue weighted by Gasteiger charge is -2.44. The van der Waals surface area contributed by atoms with E-state index in [1.807, 2.05) is 31.2 Å². The highest BCUT2D eigenvalue weighted by molar-refractivity contribution is 6.00. The van der Waals surface area contributed by atoms with Crippen LogP contribution in [0.15, 0.2) is 73.4 Å². The van der Waals surface area contributed by atoms with E-state index < -0.39 is 17.8 Å². The largest absolute Gasteiger partial charge is 0.497 e. The van der Waals surface area contributed by atoms with Crippen LogP contribution in [0.2, 0.25) is 0 Å². The number of fused-ring (bicyclic) bond motifs is 1. The topological polar surface area (TPSA) is 66.2 Å². The molecule has 2 atom stereocenters. The fraction of sp³-hybridized carbons (Fsp3) is 0.364. The molecule has 0 bridgehead atoms. The first kappa shape index (κ1) is 31.2. The molecule has 2 aromatic heterocycles. The summed E-state index contributed by atoms with van der Waals surface area (Å²) in [6.07, 6.45) is -1.65. The second-order valence-corrected chi connectivity index (χ2v) is 11.2. The van der Waals surface area contributed by atoms with E-state index in [4.69, 9.17) is 4.74 Å². The minimum atomic E-state index is -4.72. The van der Waals surface area contributed by atoms with Crippen LogP contribution in [-0.2, 0) is 6.18 Å². The third kappa shape index (κ3) is 6.20. The number of carbonyl (C=O) groups is 1. The lowest BCUT2D eigenvalue weighted by atomic mass is 10.0. The molecule has 0 N–H and O–H groups in total. The van der Waals surface area contributed by atoms with Crippen molar-refractivity contribution in [1.82, 2.24) is 29.3 Å². The summed E-state index contributed by atoms with van der Waals surface area (Å²) >= 11 is 0. The maximum Gasteiger partial charge on any atom is 0.433 e. The Balaban J connectivity index is 1.47. The quantitative estimate of drug-likeness (QED) is 0.227. The van der Waals surface area contributed by atoms with Gasteiger partial charge in [0.1, 0.15) is 11.3 Å². The van der Waals surface area contributed by atoms with Crippen LogP contribution in [0, 0.1) is 6.92 Å². The molecule has 0 spiro atoms. The Morgan fingerprint density at radius 1 is 1.16 bits per heavy atom. The number of hydrogen-bond acceptors (Lipinski definition) is 6. The SMILES string of the molecule is C=CCN(C)C[C@H](c1ccccc1)N1CCN(C(=O)c2cnn3c(C(F)(F)F)c(C)c(-c4ccc(OC)cc4)nc23)[C@H](C)C1. The van der Waals surface area contributed by atoms with Gasteiger partial charge in [0, 0.05) is 55.9 Å². The molecule has 2 aromatic carbocycles. The van der Waals surface area contributed by atoms with Crippen LogP contribution in [0.3, 0.4) is 0 Å². The second-order valence-electron chi connectivity index (χ2n) is 11.2. The average molecular weight is 607 g/mol. The molecule has 0 saturated carbocycles. The predicted octanol–water partition coefficient (Wildman–Crippen LogP) is 5.74. The average Bonchev–Trinajstić information content (AvgIpc) is 3.42. The number of hydrogen-bond donors (Lipinski definition) is 0. The maximum atomic E-state index is 14.4. The number of carbonyl (C=O) groups excluding carboxylic acids is 1. The number of ether oxygens (including phenoxy) is 1. The van der Waals surface area contributed by atoms with Crippen molar-refractivity contribution in [3.05, 3.63) is 95.8 Å². The first-order chi connectivity index (χ1) is 21.0. The number of amides is 1. The summed E-state index contributed by atoms with van der Waals surface area (Å²) in [4.78, 5) is 24.9. The molecule has 0 unspecified atom stereocenters. The number of methoxy groups -OCH3 is 1. The van der Waals surface area contributed by atoms with E-state index in [9.17, 15) is 18.0 Å². The van der Waals surface area contributed by atoms with Crippen LogP contribution >= 0.6 is 0 Å². The third-order valence-corrected chi connectivity index (χ3v) is 8.22. The Labute approximate surface area is 255 Å². The summed E-state index contributed by atoms with van der Waals surface area (Å²) in [5, 5.41) is 4.02. The van der Waals surface area contributed by atoms with Gasteiger partial charge in [-0.15, -0.1) is 6.58 Å². The first-order valence-corrected chi connectivity index (χ1v) is 14.5. The molecule has 1 fully saturated rings. The van der Waals surface area contributed by atoms with Crippen LogP contribution in [0.25, 0.3) is 16.9 Å². The van der Waals surface area contributed by atoms with Gasteiger partial charge in [0.15, 0.2) is 11.3 Å². The van der Waals surface area contributed by atoms with Gasteiger partial charge in [-0.2, -0.15) is 18.3 Å². The van der Waals surface area contributed by atoms with Crippen molar-refractivity contribution in [3.8, 4) is 17.0 Å². The monoisotopic (exact) mass is 606 g/mol. The molecule has 1 saturated heterocycles. The van der Waals surface area contributed by atoms with E-state index >= 15 is 0 Å². The number of rotatable bonds is 9. The van der Waals surface area contributed by atoms with Crippen LogP contribution < -0.4 is 4.74 Å². The van der Waals surface area contributed by atoms with E-state index in [2.05, 4.69) is 45.6 Å². The summed E-state index contributed by atoms with van der Waals surface area (Å²) in [6.45, 7) is 10.3. The van der Waals surface area contributed by atoms with Gasteiger partial charge in [-0.05, 0) is 50.7 Å². The number of halogens is 3. The predicted molar refractivity (Wildman–Crippen MR) is 164 cm³/mol. The molecule has 11 heteroatoms. The highest BCUT2D eigenvalue weighted by Gasteiger charge is 2.40. The molecule has 0 radical (unpaired) electrons. The van der Waals surface area contributed by atoms with Crippen molar-refractivity contribution in [1.29, 1.82) is 0 Å². The molecule has 5 rings (SSSR count). The molecule has 1 aliphatic heterocycles. The van der Waals surface area contributed by atoms with Crippen molar-refractivity contribution >= 4 is 11.6 Å². The van der Waals surface area contributed by atoms with Gasteiger partial charge in [-0.1, -0.05) is 36.4 Å². The molecule has 8 nitrogen and oxygen atoms in total. The summed E-state index contributed by atoms with van der Waals surface area (Å²) in [5.74, 6) is 0.177. The Morgan fingerprint density at radius 2 is 1.86 bits per heavy atom. The fourth-order valence-electron chi connectivity index (χ4n) is 6.01. The summed E-state index contributed by atoms with van der Waals surface area (Å²) in [7, 11) is 3.57. The number of alkyl halides is 3. The summed E-state index contributed by atoms with van der Waals surface area (Å²) in [5.41, 5.74) is 0.675. The molecule has 4 aromatic rings. The molecule has 44 heavy (non-hydrogen) atoms. The minimum Gasteiger partial charge on any atom is -0.497 e. The smallest absolute Gasteiger partial charge is 0.433 e. The number of benzene rings is 2. The third-order valence-electron chi connectivity index (χ3n) is 8.22. The molecule has 232 valence electrons. The van der Waals surface area contributed by atoms with E-state index in [1.165, 1.54) is 25.8 Å². The van der Waals surface area contributed by atoms with E-state index in [0.717, 1.165) is 17.6 Å². The van der Waals surface area contributed by atoms with Crippen molar-refractivity contribution < 1.29 is 22.7 Å². The Kier molecular flexibility index (Phi) is 9.07. The van der Waals surface area contributed by atoms with Crippen LogP contribution in [-0.4, -0.2) is 88.1 Å². The lowest BCUT2D eigenvalue weighted by Crippen LogP contribution is -2.55. The van der Waals surface area contributed by atoms with Crippen molar-refractivity contribution in [3.63, 3.8) is 0 Å². The number of likely N-dealkylation sites (N-methyl/N-ethyl adjacent to an activating group) is 1. The Bertz CT molecular complexity index is 1620. The lowest BCUT2D eigenvalue weighted by molar-refractivity contribution is -0.143. The molecular weight excluding hydrogens is 569 g/mol.